The summed E-state index contributed by atoms with van der Waals surface area (Å²) in [5, 5.41) is 6.48. The summed E-state index contributed by atoms with van der Waals surface area (Å²) in [5.41, 5.74) is 2.04. The Morgan fingerprint density at radius 2 is 2.36 bits per heavy atom. The minimum absolute atomic E-state index is 0.140. The molecule has 1 atom stereocenters. The Labute approximate surface area is 82.9 Å². The van der Waals surface area contributed by atoms with Gasteiger partial charge in [0.1, 0.15) is 0 Å². The first-order valence-electron chi connectivity index (χ1n) is 5.01. The molecule has 2 rings (SSSR count). The van der Waals surface area contributed by atoms with Crippen LogP contribution < -0.4 is 5.56 Å². The van der Waals surface area contributed by atoms with Crippen molar-refractivity contribution in [1.29, 1.82) is 0 Å². The number of aromatic amines is 1. The van der Waals surface area contributed by atoms with Gasteiger partial charge in [-0.3, -0.25) is 4.79 Å². The minimum Gasteiger partial charge on any atom is -0.268 e. The van der Waals surface area contributed by atoms with Crippen LogP contribution in [0.15, 0.2) is 23.0 Å². The molecule has 0 saturated carbocycles. The van der Waals surface area contributed by atoms with Crippen LogP contribution in [0.2, 0.25) is 0 Å². The summed E-state index contributed by atoms with van der Waals surface area (Å²) in [6.07, 6.45) is 5.64. The van der Waals surface area contributed by atoms with Crippen molar-refractivity contribution in [1.82, 2.24) is 10.2 Å². The quantitative estimate of drug-likeness (QED) is 0.736. The van der Waals surface area contributed by atoms with Crippen molar-refractivity contribution in [3.05, 3.63) is 34.3 Å². The third-order valence-electron chi connectivity index (χ3n) is 2.68. The fraction of sp³-hybridized carbons (Fsp3) is 0.455. The van der Waals surface area contributed by atoms with Gasteiger partial charge in [0.15, 0.2) is 0 Å². The van der Waals surface area contributed by atoms with Gasteiger partial charge in [-0.15, -0.1) is 0 Å². The van der Waals surface area contributed by atoms with Crippen molar-refractivity contribution in [2.45, 2.75) is 26.2 Å². The molecule has 1 aromatic rings. The minimum atomic E-state index is -0.140. The molecule has 0 fully saturated rings. The summed E-state index contributed by atoms with van der Waals surface area (Å²) in [4.78, 5) is 10.8. The van der Waals surface area contributed by atoms with Gasteiger partial charge in [-0.2, -0.15) is 5.10 Å². The van der Waals surface area contributed by atoms with Gasteiger partial charge in [0.25, 0.3) is 5.56 Å². The number of rotatable bonds is 1. The molecule has 1 aliphatic carbocycles. The summed E-state index contributed by atoms with van der Waals surface area (Å²) in [5.74, 6) is 0.779. The van der Waals surface area contributed by atoms with E-state index in [9.17, 15) is 4.79 Å². The van der Waals surface area contributed by atoms with Crippen molar-refractivity contribution in [2.75, 3.05) is 0 Å². The molecular weight excluding hydrogens is 176 g/mol. The lowest BCUT2D eigenvalue weighted by Crippen LogP contribution is -2.09. The third-order valence-corrected chi connectivity index (χ3v) is 2.68. The molecule has 1 heterocycles. The molecule has 0 bridgehead atoms. The van der Waals surface area contributed by atoms with Gasteiger partial charge in [0, 0.05) is 6.07 Å². The van der Waals surface area contributed by atoms with Crippen molar-refractivity contribution in [2.24, 2.45) is 5.92 Å². The first kappa shape index (κ1) is 9.19. The highest BCUT2D eigenvalue weighted by molar-refractivity contribution is 5.62. The highest BCUT2D eigenvalue weighted by atomic mass is 16.1. The SMILES string of the molecule is CC1CC=C(c2ccc(=O)[nH]n2)CC1. The number of H-pyrrole nitrogens is 1. The van der Waals surface area contributed by atoms with E-state index in [1.807, 2.05) is 0 Å². The first-order valence-corrected chi connectivity index (χ1v) is 5.01. The monoisotopic (exact) mass is 190 g/mol. The molecule has 3 nitrogen and oxygen atoms in total. The van der Waals surface area contributed by atoms with Crippen LogP contribution in [0.3, 0.4) is 0 Å². The highest BCUT2D eigenvalue weighted by Gasteiger charge is 2.12. The van der Waals surface area contributed by atoms with E-state index in [1.165, 1.54) is 18.1 Å². The number of nitrogens with one attached hydrogen (secondary N) is 1. The van der Waals surface area contributed by atoms with Gasteiger partial charge < -0.3 is 0 Å². The van der Waals surface area contributed by atoms with Crippen molar-refractivity contribution in [3.63, 3.8) is 0 Å². The van der Waals surface area contributed by atoms with Gasteiger partial charge in [-0.1, -0.05) is 13.0 Å². The van der Waals surface area contributed by atoms with E-state index >= 15 is 0 Å². The zero-order chi connectivity index (χ0) is 9.97. The normalized spacial score (nSPS) is 21.8. The van der Waals surface area contributed by atoms with Crippen molar-refractivity contribution < 1.29 is 0 Å². The second kappa shape index (κ2) is 3.78. The first-order chi connectivity index (χ1) is 6.75. The van der Waals surface area contributed by atoms with E-state index in [-0.39, 0.29) is 5.56 Å². The molecule has 1 N–H and O–H groups in total. The molecule has 1 unspecified atom stereocenters. The highest BCUT2D eigenvalue weighted by Crippen LogP contribution is 2.27. The van der Waals surface area contributed by atoms with E-state index in [0.29, 0.717) is 0 Å². The topological polar surface area (TPSA) is 45.8 Å². The van der Waals surface area contributed by atoms with E-state index in [4.69, 9.17) is 0 Å². The van der Waals surface area contributed by atoms with E-state index in [1.54, 1.807) is 6.07 Å². The van der Waals surface area contributed by atoms with Gasteiger partial charge in [0.05, 0.1) is 5.69 Å². The Kier molecular flexibility index (Phi) is 2.48. The summed E-state index contributed by atoms with van der Waals surface area (Å²) >= 11 is 0. The lowest BCUT2D eigenvalue weighted by atomic mass is 9.90. The van der Waals surface area contributed by atoms with E-state index < -0.39 is 0 Å². The predicted octanol–water partition coefficient (Wildman–Crippen LogP) is 1.97. The zero-order valence-electron chi connectivity index (χ0n) is 8.29. The average molecular weight is 190 g/mol. The Hall–Kier alpha value is -1.38. The maximum atomic E-state index is 10.8. The second-order valence-corrected chi connectivity index (χ2v) is 3.92. The molecule has 1 aliphatic rings. The van der Waals surface area contributed by atoms with Crippen LogP contribution in [0.5, 0.6) is 0 Å². The van der Waals surface area contributed by atoms with E-state index in [0.717, 1.165) is 24.5 Å². The summed E-state index contributed by atoms with van der Waals surface area (Å²) < 4.78 is 0. The van der Waals surface area contributed by atoms with Gasteiger partial charge in [-0.05, 0) is 36.8 Å². The molecule has 0 spiro atoms. The van der Waals surface area contributed by atoms with Crippen molar-refractivity contribution >= 4 is 5.57 Å². The molecule has 74 valence electrons. The van der Waals surface area contributed by atoms with Gasteiger partial charge >= 0.3 is 0 Å². The summed E-state index contributed by atoms with van der Waals surface area (Å²) in [6, 6.07) is 3.32. The van der Waals surface area contributed by atoms with Crippen LogP contribution in [0.25, 0.3) is 5.57 Å². The second-order valence-electron chi connectivity index (χ2n) is 3.92. The maximum absolute atomic E-state index is 10.8. The average Bonchev–Trinajstić information content (AvgIpc) is 2.21. The van der Waals surface area contributed by atoms with Crippen molar-refractivity contribution in [3.8, 4) is 0 Å². The van der Waals surface area contributed by atoms with Crippen LogP contribution in [-0.2, 0) is 0 Å². The molecule has 1 aromatic heterocycles. The molecule has 14 heavy (non-hydrogen) atoms. The summed E-state index contributed by atoms with van der Waals surface area (Å²) in [6.45, 7) is 2.26. The van der Waals surface area contributed by atoms with Crippen LogP contribution in [0.4, 0.5) is 0 Å². The predicted molar refractivity (Wildman–Crippen MR) is 55.8 cm³/mol. The van der Waals surface area contributed by atoms with E-state index in [2.05, 4.69) is 23.2 Å². The lowest BCUT2D eigenvalue weighted by molar-refractivity contribution is 0.533. The fourth-order valence-electron chi connectivity index (χ4n) is 1.72. The Morgan fingerprint density at radius 3 is 2.93 bits per heavy atom. The van der Waals surface area contributed by atoms with Gasteiger partial charge in [-0.25, -0.2) is 5.10 Å². The van der Waals surface area contributed by atoms with Crippen LogP contribution in [0, 0.1) is 5.92 Å². The molecule has 3 heteroatoms. The number of aromatic nitrogens is 2. The summed E-state index contributed by atoms with van der Waals surface area (Å²) in [7, 11) is 0. The molecule has 0 radical (unpaired) electrons. The zero-order valence-corrected chi connectivity index (χ0v) is 8.29. The Morgan fingerprint density at radius 1 is 1.50 bits per heavy atom. The van der Waals surface area contributed by atoms with Gasteiger partial charge in [0.2, 0.25) is 0 Å². The molecule has 0 aromatic carbocycles. The lowest BCUT2D eigenvalue weighted by Gasteiger charge is -2.17. The third kappa shape index (κ3) is 1.92. The largest absolute Gasteiger partial charge is 0.268 e. The number of hydrogen-bond donors (Lipinski definition) is 1. The molecule has 0 saturated heterocycles. The molecular formula is C11H14N2O. The molecule has 0 amide bonds. The Bertz CT molecular complexity index is 385. The number of hydrogen-bond acceptors (Lipinski definition) is 2. The van der Waals surface area contributed by atoms with Crippen LogP contribution in [-0.4, -0.2) is 10.2 Å². The maximum Gasteiger partial charge on any atom is 0.264 e. The smallest absolute Gasteiger partial charge is 0.264 e. The van der Waals surface area contributed by atoms with Crippen LogP contribution >= 0.6 is 0 Å². The fourth-order valence-corrected chi connectivity index (χ4v) is 1.72. The number of nitrogens with zero attached hydrogens (tertiary/aromatic N) is 1. The standard InChI is InChI=1S/C11H14N2O/c1-8-2-4-9(5-3-8)10-6-7-11(14)13-12-10/h4,6-8H,2-3,5H2,1H3,(H,13,14). The Balaban J connectivity index is 2.23. The van der Waals surface area contributed by atoms with Crippen LogP contribution in [0.1, 0.15) is 31.9 Å². The number of allylic oxidation sites excluding steroid dienone is 2. The molecule has 0 aliphatic heterocycles.